The van der Waals surface area contributed by atoms with Crippen LogP contribution in [0.3, 0.4) is 0 Å². The van der Waals surface area contributed by atoms with E-state index in [1.54, 1.807) is 0 Å². The van der Waals surface area contributed by atoms with E-state index in [0.29, 0.717) is 0 Å². The van der Waals surface area contributed by atoms with Gasteiger partial charge in [0.25, 0.3) is 0 Å². The van der Waals surface area contributed by atoms with E-state index in [2.05, 4.69) is 27.7 Å². The van der Waals surface area contributed by atoms with Gasteiger partial charge in [0.05, 0.1) is 0 Å². The first-order chi connectivity index (χ1) is 8.66. The summed E-state index contributed by atoms with van der Waals surface area (Å²) in [6.07, 6.45) is 17.4. The smallest absolute Gasteiger partial charge is 0.0443 e. The topological polar surface area (TPSA) is 0 Å². The van der Waals surface area contributed by atoms with Gasteiger partial charge < -0.3 is 0 Å². The molecular formula is C18H38. The Balaban J connectivity index is 3.12. The molecule has 110 valence electrons. The molecule has 0 N–H and O–H groups in total. The van der Waals surface area contributed by atoms with Crippen molar-refractivity contribution < 1.29 is 0 Å². The Hall–Kier alpha value is 0. The molecule has 0 aliphatic heterocycles. The highest BCUT2D eigenvalue weighted by molar-refractivity contribution is 4.55. The van der Waals surface area contributed by atoms with Crippen LogP contribution in [0.1, 0.15) is 105 Å². The molecule has 18 heavy (non-hydrogen) atoms. The van der Waals surface area contributed by atoms with Gasteiger partial charge in [-0.05, 0) is 11.8 Å². The molecule has 0 aromatic heterocycles. The normalized spacial score (nSPS) is 13.2. The van der Waals surface area contributed by atoms with Crippen molar-refractivity contribution in [3.05, 3.63) is 0 Å². The molecule has 0 aromatic rings. The minimum absolute atomic E-state index is 0.896. The van der Waals surface area contributed by atoms with Crippen molar-refractivity contribution in [3.8, 4) is 0 Å². The van der Waals surface area contributed by atoms with Crippen molar-refractivity contribution in [2.24, 2.45) is 11.8 Å². The summed E-state index contributed by atoms with van der Waals surface area (Å²) in [7, 11) is 0. The molecule has 0 heterocycles. The predicted molar refractivity (Wildman–Crippen MR) is 85.1 cm³/mol. The van der Waals surface area contributed by atoms with Crippen LogP contribution >= 0.6 is 0 Å². The molecule has 0 rings (SSSR count). The van der Waals surface area contributed by atoms with Crippen molar-refractivity contribution in [3.63, 3.8) is 0 Å². The fourth-order valence-corrected chi connectivity index (χ4v) is 2.64. The van der Waals surface area contributed by atoms with Gasteiger partial charge in [-0.25, -0.2) is 0 Å². The standard InChI is InChI=1S/C18H38/c1-5-6-7-12-15-18(4)16-13-10-8-9-11-14-17(2)3/h17-18H,5-16H2,1-4H3. The van der Waals surface area contributed by atoms with Crippen LogP contribution in [-0.2, 0) is 0 Å². The number of rotatable bonds is 13. The molecule has 0 heteroatoms. The zero-order chi connectivity index (χ0) is 13.6. The maximum absolute atomic E-state index is 2.45. The molecule has 0 aliphatic rings. The highest BCUT2D eigenvalue weighted by Gasteiger charge is 2.02. The van der Waals surface area contributed by atoms with Gasteiger partial charge in [0.1, 0.15) is 0 Å². The summed E-state index contributed by atoms with van der Waals surface area (Å²) in [5.74, 6) is 1.87. The molecule has 0 saturated heterocycles. The lowest BCUT2D eigenvalue weighted by Gasteiger charge is -2.11. The van der Waals surface area contributed by atoms with Gasteiger partial charge in [0, 0.05) is 0 Å². The van der Waals surface area contributed by atoms with Crippen LogP contribution < -0.4 is 0 Å². The van der Waals surface area contributed by atoms with Crippen LogP contribution in [0.15, 0.2) is 0 Å². The van der Waals surface area contributed by atoms with E-state index in [1.165, 1.54) is 77.0 Å². The van der Waals surface area contributed by atoms with Gasteiger partial charge in [-0.1, -0.05) is 105 Å². The Morgan fingerprint density at radius 2 is 1.00 bits per heavy atom. The van der Waals surface area contributed by atoms with Gasteiger partial charge in [-0.3, -0.25) is 0 Å². The predicted octanol–water partition coefficient (Wildman–Crippen LogP) is 6.98. The minimum atomic E-state index is 0.896. The third kappa shape index (κ3) is 14.1. The number of hydrogen-bond acceptors (Lipinski definition) is 0. The largest absolute Gasteiger partial charge is 0.0654 e. The van der Waals surface area contributed by atoms with E-state index >= 15 is 0 Å². The second-order valence-electron chi connectivity index (χ2n) is 6.69. The third-order valence-corrected chi connectivity index (χ3v) is 4.03. The van der Waals surface area contributed by atoms with Crippen LogP contribution in [0.2, 0.25) is 0 Å². The van der Waals surface area contributed by atoms with Gasteiger partial charge >= 0.3 is 0 Å². The maximum Gasteiger partial charge on any atom is -0.0443 e. The van der Waals surface area contributed by atoms with Gasteiger partial charge in [-0.2, -0.15) is 0 Å². The molecule has 0 radical (unpaired) electrons. The van der Waals surface area contributed by atoms with Crippen LogP contribution in [0, 0.1) is 11.8 Å². The molecule has 0 aliphatic carbocycles. The molecule has 1 atom stereocenters. The van der Waals surface area contributed by atoms with Crippen LogP contribution in [0.4, 0.5) is 0 Å². The molecule has 0 fully saturated rings. The van der Waals surface area contributed by atoms with Crippen molar-refractivity contribution in [2.75, 3.05) is 0 Å². The fraction of sp³-hybridized carbons (Fsp3) is 1.00. The summed E-state index contributed by atoms with van der Waals surface area (Å²) in [6.45, 7) is 9.41. The summed E-state index contributed by atoms with van der Waals surface area (Å²) >= 11 is 0. The first-order valence-electron chi connectivity index (χ1n) is 8.66. The first-order valence-corrected chi connectivity index (χ1v) is 8.66. The van der Waals surface area contributed by atoms with Gasteiger partial charge in [0.2, 0.25) is 0 Å². The third-order valence-electron chi connectivity index (χ3n) is 4.03. The SMILES string of the molecule is CCCCCCC(C)CCCCCCCC(C)C. The van der Waals surface area contributed by atoms with Crippen molar-refractivity contribution in [2.45, 2.75) is 105 Å². The Morgan fingerprint density at radius 1 is 0.556 bits per heavy atom. The van der Waals surface area contributed by atoms with E-state index in [0.717, 1.165) is 11.8 Å². The molecule has 0 saturated carbocycles. The van der Waals surface area contributed by atoms with Gasteiger partial charge in [0.15, 0.2) is 0 Å². The highest BCUT2D eigenvalue weighted by atomic mass is 14.1. The van der Waals surface area contributed by atoms with Crippen molar-refractivity contribution >= 4 is 0 Å². The van der Waals surface area contributed by atoms with Crippen molar-refractivity contribution in [1.29, 1.82) is 0 Å². The number of unbranched alkanes of at least 4 members (excludes halogenated alkanes) is 7. The van der Waals surface area contributed by atoms with Crippen LogP contribution in [0.5, 0.6) is 0 Å². The molecule has 0 amide bonds. The average Bonchev–Trinajstić information content (AvgIpc) is 2.33. The van der Waals surface area contributed by atoms with E-state index in [4.69, 9.17) is 0 Å². The van der Waals surface area contributed by atoms with Crippen molar-refractivity contribution in [1.82, 2.24) is 0 Å². The minimum Gasteiger partial charge on any atom is -0.0654 e. The summed E-state index contributed by atoms with van der Waals surface area (Å²) in [5, 5.41) is 0. The lowest BCUT2D eigenvalue weighted by atomic mass is 9.96. The molecule has 1 unspecified atom stereocenters. The van der Waals surface area contributed by atoms with E-state index in [1.807, 2.05) is 0 Å². The molecule has 0 aromatic carbocycles. The van der Waals surface area contributed by atoms with Crippen LogP contribution in [0.25, 0.3) is 0 Å². The van der Waals surface area contributed by atoms with Gasteiger partial charge in [-0.15, -0.1) is 0 Å². The van der Waals surface area contributed by atoms with E-state index in [9.17, 15) is 0 Å². The average molecular weight is 255 g/mol. The maximum atomic E-state index is 2.45. The summed E-state index contributed by atoms with van der Waals surface area (Å²) in [4.78, 5) is 0. The fourth-order valence-electron chi connectivity index (χ4n) is 2.64. The second kappa shape index (κ2) is 13.4. The summed E-state index contributed by atoms with van der Waals surface area (Å²) in [5.41, 5.74) is 0. The Labute approximate surface area is 117 Å². The second-order valence-corrected chi connectivity index (χ2v) is 6.69. The van der Waals surface area contributed by atoms with E-state index < -0.39 is 0 Å². The monoisotopic (exact) mass is 254 g/mol. The lowest BCUT2D eigenvalue weighted by molar-refractivity contribution is 0.431. The Kier molecular flexibility index (Phi) is 13.4. The lowest BCUT2D eigenvalue weighted by Crippen LogP contribution is -1.95. The van der Waals surface area contributed by atoms with E-state index in [-0.39, 0.29) is 0 Å². The molecule has 0 bridgehead atoms. The molecule has 0 spiro atoms. The zero-order valence-corrected chi connectivity index (χ0v) is 13.6. The highest BCUT2D eigenvalue weighted by Crippen LogP contribution is 2.18. The number of hydrogen-bond donors (Lipinski definition) is 0. The molecular weight excluding hydrogens is 216 g/mol. The van der Waals surface area contributed by atoms with Crippen LogP contribution in [-0.4, -0.2) is 0 Å². The summed E-state index contributed by atoms with van der Waals surface area (Å²) in [6, 6.07) is 0. The quantitative estimate of drug-likeness (QED) is 0.311. The zero-order valence-electron chi connectivity index (χ0n) is 13.6. The summed E-state index contributed by atoms with van der Waals surface area (Å²) < 4.78 is 0. The Morgan fingerprint density at radius 3 is 1.50 bits per heavy atom. The molecule has 0 nitrogen and oxygen atoms in total. The Bertz CT molecular complexity index is 148. The first kappa shape index (κ1) is 18.0.